The fourth-order valence-corrected chi connectivity index (χ4v) is 7.20. The molecular formula is C35H55ClF2N6O6S. The van der Waals surface area contributed by atoms with Gasteiger partial charge in [0.25, 0.3) is 0 Å². The van der Waals surface area contributed by atoms with Crippen molar-refractivity contribution in [2.24, 2.45) is 28.1 Å². The van der Waals surface area contributed by atoms with Gasteiger partial charge < -0.3 is 26.2 Å². The lowest BCUT2D eigenvalue weighted by molar-refractivity contribution is -0.144. The number of hydrogen-bond donors (Lipinski definition) is 4. The summed E-state index contributed by atoms with van der Waals surface area (Å²) < 4.78 is 52.7. The van der Waals surface area contributed by atoms with Crippen LogP contribution in [0.3, 0.4) is 0 Å². The van der Waals surface area contributed by atoms with Crippen molar-refractivity contribution in [1.82, 2.24) is 30.5 Å². The van der Waals surface area contributed by atoms with E-state index in [4.69, 9.17) is 11.6 Å². The SMILES string of the molecule is CN(C[C@@H](NC(=O)N[C@H](C(=O)N1C[C@H]2[C@@H]([C@H]1C(=O)N[C@@H](CC(F)F)C(=O)NCCc1ccc(Cl)cc1)C2(C)C)C(C)(C)C)C(C)(C)C)S(C)(=O)=O. The van der Waals surface area contributed by atoms with Gasteiger partial charge in [-0.2, -0.15) is 0 Å². The molecule has 1 aliphatic heterocycles. The van der Waals surface area contributed by atoms with Gasteiger partial charge in [-0.25, -0.2) is 26.3 Å². The average molecular weight is 761 g/mol. The van der Waals surface area contributed by atoms with Crippen LogP contribution in [0.1, 0.15) is 67.4 Å². The molecule has 2 aliphatic rings. The fraction of sp³-hybridized carbons (Fsp3) is 0.714. The Balaban J connectivity index is 1.79. The first-order valence-electron chi connectivity index (χ1n) is 17.1. The molecule has 1 saturated heterocycles. The van der Waals surface area contributed by atoms with E-state index in [2.05, 4.69) is 21.3 Å². The Morgan fingerprint density at radius 1 is 1.00 bits per heavy atom. The van der Waals surface area contributed by atoms with Gasteiger partial charge in [0.1, 0.15) is 18.1 Å². The zero-order chi connectivity index (χ0) is 38.9. The van der Waals surface area contributed by atoms with Crippen molar-refractivity contribution in [3.8, 4) is 0 Å². The number of likely N-dealkylation sites (N-methyl/N-ethyl adjacent to an activating group) is 1. The minimum Gasteiger partial charge on any atom is -0.354 e. The Kier molecular flexibility index (Phi) is 13.2. The Morgan fingerprint density at radius 2 is 1.59 bits per heavy atom. The molecule has 288 valence electrons. The normalized spacial score (nSPS) is 21.8. The zero-order valence-electron chi connectivity index (χ0n) is 31.3. The molecule has 5 amide bonds. The molecule has 4 N–H and O–H groups in total. The van der Waals surface area contributed by atoms with Crippen LogP contribution in [-0.2, 0) is 30.8 Å². The van der Waals surface area contributed by atoms with Crippen molar-refractivity contribution in [3.05, 3.63) is 34.9 Å². The monoisotopic (exact) mass is 760 g/mol. The van der Waals surface area contributed by atoms with E-state index in [1.165, 1.54) is 11.9 Å². The molecule has 6 atom stereocenters. The van der Waals surface area contributed by atoms with E-state index in [0.29, 0.717) is 11.4 Å². The molecule has 16 heteroatoms. The van der Waals surface area contributed by atoms with Gasteiger partial charge in [0, 0.05) is 44.2 Å². The zero-order valence-corrected chi connectivity index (χ0v) is 32.8. The van der Waals surface area contributed by atoms with Crippen molar-refractivity contribution >= 4 is 45.4 Å². The van der Waals surface area contributed by atoms with Gasteiger partial charge in [0.15, 0.2) is 0 Å². The summed E-state index contributed by atoms with van der Waals surface area (Å²) in [4.78, 5) is 56.2. The number of fused-ring (bicyclic) bond motifs is 1. The molecular weight excluding hydrogens is 706 g/mol. The van der Waals surface area contributed by atoms with Crippen LogP contribution in [0.25, 0.3) is 0 Å². The molecule has 2 fully saturated rings. The van der Waals surface area contributed by atoms with Gasteiger partial charge in [-0.05, 0) is 52.2 Å². The number of amides is 5. The Hall–Kier alpha value is -3.04. The van der Waals surface area contributed by atoms with Crippen LogP contribution in [0.4, 0.5) is 13.6 Å². The summed E-state index contributed by atoms with van der Waals surface area (Å²) in [6.45, 7) is 15.1. The van der Waals surface area contributed by atoms with E-state index in [1.54, 1.807) is 45.0 Å². The lowest BCUT2D eigenvalue weighted by Gasteiger charge is -2.39. The molecule has 0 unspecified atom stereocenters. The van der Waals surface area contributed by atoms with Crippen LogP contribution in [-0.4, -0.2) is 105 Å². The standard InChI is InChI=1S/C35H55ClF2N6O6S/c1-33(2,3)24(19-43(9)51(10,49)50)41-32(48)42-28(34(4,5)6)31(47)44-18-22-26(35(22,7)8)27(44)30(46)40-23(17-25(37)38)29(45)39-16-15-20-11-13-21(36)14-12-20/h11-14,22-28H,15-19H2,1-10H3,(H,39,45)(H,40,46)(H2,41,42,48)/t22-,23-,24+,26-,27-,28+/m0/s1. The number of urea groups is 1. The molecule has 1 aliphatic carbocycles. The van der Waals surface area contributed by atoms with E-state index in [-0.39, 0.29) is 36.9 Å². The molecule has 3 rings (SSSR count). The lowest BCUT2D eigenvalue weighted by Crippen LogP contribution is -2.62. The van der Waals surface area contributed by atoms with Crippen molar-refractivity contribution in [3.63, 3.8) is 0 Å². The topological polar surface area (TPSA) is 157 Å². The van der Waals surface area contributed by atoms with Gasteiger partial charge in [-0.1, -0.05) is 79.1 Å². The number of benzene rings is 1. The Morgan fingerprint density at radius 3 is 2.10 bits per heavy atom. The maximum absolute atomic E-state index is 14.3. The maximum atomic E-state index is 14.3. The van der Waals surface area contributed by atoms with Crippen molar-refractivity contribution in [2.45, 2.75) is 98.8 Å². The molecule has 1 heterocycles. The van der Waals surface area contributed by atoms with Crippen LogP contribution in [0, 0.1) is 28.1 Å². The highest BCUT2D eigenvalue weighted by Gasteiger charge is 2.70. The molecule has 1 aromatic rings. The number of likely N-dealkylation sites (tertiary alicyclic amines) is 1. The summed E-state index contributed by atoms with van der Waals surface area (Å²) in [5.41, 5.74) is -0.826. The molecule has 0 aromatic heterocycles. The van der Waals surface area contributed by atoms with Crippen molar-refractivity contribution in [1.29, 1.82) is 0 Å². The number of rotatable bonds is 14. The number of carbonyl (C=O) groups excluding carboxylic acids is 4. The van der Waals surface area contributed by atoms with Crippen LogP contribution in [0.15, 0.2) is 24.3 Å². The lowest BCUT2D eigenvalue weighted by atomic mass is 9.85. The number of carbonyl (C=O) groups is 4. The summed E-state index contributed by atoms with van der Waals surface area (Å²) >= 11 is 5.93. The van der Waals surface area contributed by atoms with E-state index in [9.17, 15) is 36.4 Å². The van der Waals surface area contributed by atoms with Crippen LogP contribution < -0.4 is 21.3 Å². The van der Waals surface area contributed by atoms with Crippen molar-refractivity contribution in [2.75, 3.05) is 32.9 Å². The number of hydrogen-bond acceptors (Lipinski definition) is 6. The number of nitrogens with zero attached hydrogens (tertiary/aromatic N) is 2. The second-order valence-electron chi connectivity index (χ2n) is 16.6. The minimum atomic E-state index is -3.54. The molecule has 51 heavy (non-hydrogen) atoms. The highest BCUT2D eigenvalue weighted by molar-refractivity contribution is 7.88. The number of sulfonamides is 1. The van der Waals surface area contributed by atoms with Crippen molar-refractivity contribution < 1.29 is 36.4 Å². The van der Waals surface area contributed by atoms with Gasteiger partial charge in [-0.15, -0.1) is 0 Å². The van der Waals surface area contributed by atoms with E-state index in [0.717, 1.165) is 16.1 Å². The summed E-state index contributed by atoms with van der Waals surface area (Å²) in [5.74, 6) is -2.34. The maximum Gasteiger partial charge on any atom is 0.315 e. The molecule has 0 radical (unpaired) electrons. The third-order valence-electron chi connectivity index (χ3n) is 10.2. The number of halogens is 3. The number of piperidine rings is 1. The van der Waals surface area contributed by atoms with Crippen LogP contribution in [0.5, 0.6) is 0 Å². The molecule has 1 aromatic carbocycles. The largest absolute Gasteiger partial charge is 0.354 e. The van der Waals surface area contributed by atoms with Gasteiger partial charge in [0.2, 0.25) is 34.2 Å². The molecule has 0 spiro atoms. The van der Waals surface area contributed by atoms with Gasteiger partial charge in [-0.3, -0.25) is 14.4 Å². The molecule has 12 nitrogen and oxygen atoms in total. The van der Waals surface area contributed by atoms with E-state index >= 15 is 0 Å². The second-order valence-corrected chi connectivity index (χ2v) is 19.1. The van der Waals surface area contributed by atoms with E-state index < -0.39 is 81.6 Å². The predicted molar refractivity (Wildman–Crippen MR) is 193 cm³/mol. The first-order valence-corrected chi connectivity index (χ1v) is 19.4. The summed E-state index contributed by atoms with van der Waals surface area (Å²) in [5, 5.41) is 11.3. The highest BCUT2D eigenvalue weighted by atomic mass is 35.5. The van der Waals surface area contributed by atoms with Gasteiger partial charge >= 0.3 is 6.03 Å². The summed E-state index contributed by atoms with van der Waals surface area (Å²) in [7, 11) is -2.12. The first-order chi connectivity index (χ1) is 23.2. The average Bonchev–Trinajstić information content (AvgIpc) is 3.30. The van der Waals surface area contributed by atoms with Crippen LogP contribution in [0.2, 0.25) is 5.02 Å². The van der Waals surface area contributed by atoms with E-state index in [1.807, 2.05) is 34.6 Å². The molecule has 0 bridgehead atoms. The number of alkyl halides is 2. The Labute approximate surface area is 306 Å². The summed E-state index contributed by atoms with van der Waals surface area (Å²) in [6, 6.07) is 1.95. The Bertz CT molecular complexity index is 1550. The third-order valence-corrected chi connectivity index (χ3v) is 11.7. The predicted octanol–water partition coefficient (Wildman–Crippen LogP) is 3.64. The third kappa shape index (κ3) is 11.0. The fourth-order valence-electron chi connectivity index (χ4n) is 6.66. The number of nitrogens with one attached hydrogen (secondary N) is 4. The smallest absolute Gasteiger partial charge is 0.315 e. The summed E-state index contributed by atoms with van der Waals surface area (Å²) in [6.07, 6.45) is -2.31. The minimum absolute atomic E-state index is 0.00874. The second kappa shape index (κ2) is 15.9. The van der Waals surface area contributed by atoms with Crippen LogP contribution >= 0.6 is 11.6 Å². The highest BCUT2D eigenvalue weighted by Crippen LogP contribution is 2.65. The quantitative estimate of drug-likeness (QED) is 0.227. The van der Waals surface area contributed by atoms with Gasteiger partial charge in [0.05, 0.1) is 6.26 Å². The molecule has 1 saturated carbocycles. The first kappa shape index (κ1) is 42.4.